The van der Waals surface area contributed by atoms with Gasteiger partial charge in [0, 0.05) is 5.56 Å². The summed E-state index contributed by atoms with van der Waals surface area (Å²) in [5, 5.41) is 8.82. The first-order chi connectivity index (χ1) is 9.29. The summed E-state index contributed by atoms with van der Waals surface area (Å²) >= 11 is 0. The zero-order valence-corrected chi connectivity index (χ0v) is 11.3. The van der Waals surface area contributed by atoms with Gasteiger partial charge in [0.05, 0.1) is 5.57 Å². The molecule has 0 saturated carbocycles. The van der Waals surface area contributed by atoms with Crippen LogP contribution in [0.1, 0.15) is 25.0 Å². The number of halogens is 3. The maximum absolute atomic E-state index is 12.7. The first-order valence-electron chi connectivity index (χ1n) is 6.08. The quantitative estimate of drug-likeness (QED) is 0.854. The predicted octanol–water partition coefficient (Wildman–Crippen LogP) is 3.81. The van der Waals surface area contributed by atoms with Gasteiger partial charge in [-0.1, -0.05) is 25.5 Å². The number of hydrogen-bond donors (Lipinski definition) is 1. The molecule has 6 heteroatoms. The van der Waals surface area contributed by atoms with Gasteiger partial charge in [0.25, 0.3) is 0 Å². The van der Waals surface area contributed by atoms with Crippen LogP contribution in [-0.2, 0) is 4.79 Å². The molecule has 1 unspecified atom stereocenters. The van der Waals surface area contributed by atoms with Crippen LogP contribution in [0.15, 0.2) is 23.8 Å². The Bertz CT molecular complexity index is 533. The van der Waals surface area contributed by atoms with Gasteiger partial charge in [0.1, 0.15) is 5.75 Å². The van der Waals surface area contributed by atoms with E-state index in [9.17, 15) is 18.0 Å². The largest absolute Gasteiger partial charge is 0.478 e. The van der Waals surface area contributed by atoms with Gasteiger partial charge in [-0.2, -0.15) is 13.2 Å². The number of fused-ring (bicyclic) bond motifs is 1. The number of aliphatic carboxylic acids is 1. The second kappa shape index (κ2) is 5.98. The van der Waals surface area contributed by atoms with Crippen LogP contribution in [0.4, 0.5) is 13.2 Å². The molecular formula is C14H15F3O3. The van der Waals surface area contributed by atoms with Crippen molar-refractivity contribution in [2.45, 2.75) is 33.1 Å². The van der Waals surface area contributed by atoms with Crippen molar-refractivity contribution < 1.29 is 27.8 Å². The predicted molar refractivity (Wildman–Crippen MR) is 68.6 cm³/mol. The summed E-state index contributed by atoms with van der Waals surface area (Å²) in [5.74, 6) is -1.60. The van der Waals surface area contributed by atoms with Crippen molar-refractivity contribution in [1.29, 1.82) is 0 Å². The Balaban J connectivity index is 0.000000956. The van der Waals surface area contributed by atoms with Gasteiger partial charge >= 0.3 is 12.1 Å². The molecule has 2 rings (SSSR count). The molecule has 0 amide bonds. The first-order valence-corrected chi connectivity index (χ1v) is 6.08. The van der Waals surface area contributed by atoms with E-state index < -0.39 is 23.8 Å². The van der Waals surface area contributed by atoms with Crippen molar-refractivity contribution in [2.75, 3.05) is 0 Å². The van der Waals surface area contributed by atoms with Crippen molar-refractivity contribution in [3.05, 3.63) is 34.9 Å². The highest BCUT2D eigenvalue weighted by Gasteiger charge is 2.48. The van der Waals surface area contributed by atoms with Gasteiger partial charge in [0.2, 0.25) is 6.10 Å². The Hall–Kier alpha value is -1.98. The monoisotopic (exact) mass is 288 g/mol. The van der Waals surface area contributed by atoms with E-state index in [-0.39, 0.29) is 5.75 Å². The number of rotatable bonds is 1. The fraction of sp³-hybridized carbons (Fsp3) is 0.357. The highest BCUT2D eigenvalue weighted by molar-refractivity contribution is 5.95. The minimum absolute atomic E-state index is 0.0351. The number of alkyl halides is 3. The number of ether oxygens (including phenoxy) is 1. The van der Waals surface area contributed by atoms with Crippen LogP contribution in [0.2, 0.25) is 0 Å². The summed E-state index contributed by atoms with van der Waals surface area (Å²) in [4.78, 5) is 10.9. The third-order valence-electron chi connectivity index (χ3n) is 2.55. The highest BCUT2D eigenvalue weighted by Crippen LogP contribution is 2.37. The summed E-state index contributed by atoms with van der Waals surface area (Å²) in [7, 11) is 0. The number of carboxylic acids is 1. The number of carboxylic acid groups (broad SMARTS) is 1. The van der Waals surface area contributed by atoms with Gasteiger partial charge in [0.15, 0.2) is 0 Å². The van der Waals surface area contributed by atoms with E-state index in [2.05, 4.69) is 0 Å². The number of hydrogen-bond acceptors (Lipinski definition) is 2. The van der Waals surface area contributed by atoms with E-state index in [1.807, 2.05) is 13.8 Å². The van der Waals surface area contributed by atoms with E-state index in [1.165, 1.54) is 6.07 Å². The normalized spacial score (nSPS) is 17.1. The van der Waals surface area contributed by atoms with Crippen LogP contribution in [0.25, 0.3) is 6.08 Å². The van der Waals surface area contributed by atoms with Crippen LogP contribution in [-0.4, -0.2) is 23.4 Å². The molecule has 1 aromatic carbocycles. The molecule has 1 heterocycles. The first kappa shape index (κ1) is 16.1. The molecule has 1 aromatic rings. The smallest absolute Gasteiger partial charge is 0.430 e. The second-order valence-corrected chi connectivity index (χ2v) is 3.99. The summed E-state index contributed by atoms with van der Waals surface area (Å²) < 4.78 is 42.8. The molecule has 0 saturated heterocycles. The third kappa shape index (κ3) is 3.31. The van der Waals surface area contributed by atoms with Crippen LogP contribution >= 0.6 is 0 Å². The van der Waals surface area contributed by atoms with Gasteiger partial charge in [-0.05, 0) is 25.1 Å². The lowest BCUT2D eigenvalue weighted by Crippen LogP contribution is -2.40. The number of aryl methyl sites for hydroxylation is 1. The molecule has 0 radical (unpaired) electrons. The second-order valence-electron chi connectivity index (χ2n) is 3.99. The lowest BCUT2D eigenvalue weighted by Gasteiger charge is -2.27. The van der Waals surface area contributed by atoms with Crippen molar-refractivity contribution in [3.8, 4) is 5.75 Å². The summed E-state index contributed by atoms with van der Waals surface area (Å²) in [5.41, 5.74) is 0.345. The van der Waals surface area contributed by atoms with E-state index in [4.69, 9.17) is 9.84 Å². The van der Waals surface area contributed by atoms with E-state index in [0.717, 1.165) is 11.6 Å². The van der Waals surface area contributed by atoms with Crippen molar-refractivity contribution in [1.82, 2.24) is 0 Å². The number of carbonyl (C=O) groups is 1. The Kier molecular flexibility index (Phi) is 4.81. The molecule has 0 bridgehead atoms. The molecule has 1 N–H and O–H groups in total. The molecule has 0 aliphatic carbocycles. The fourth-order valence-corrected chi connectivity index (χ4v) is 1.74. The zero-order valence-electron chi connectivity index (χ0n) is 11.3. The average molecular weight is 288 g/mol. The third-order valence-corrected chi connectivity index (χ3v) is 2.55. The lowest BCUT2D eigenvalue weighted by molar-refractivity contribution is -0.187. The number of benzene rings is 1. The van der Waals surface area contributed by atoms with Crippen molar-refractivity contribution >= 4 is 12.0 Å². The van der Waals surface area contributed by atoms with Gasteiger partial charge < -0.3 is 9.84 Å². The summed E-state index contributed by atoms with van der Waals surface area (Å²) in [6, 6.07) is 4.58. The molecule has 1 aliphatic rings. The molecule has 110 valence electrons. The SMILES string of the molecule is CC.Cc1ccc2c(c1)C=C(C(=O)O)C(C(F)(F)F)O2. The van der Waals surface area contributed by atoms with Crippen LogP contribution in [0, 0.1) is 6.92 Å². The average Bonchev–Trinajstić information content (AvgIpc) is 2.38. The Morgan fingerprint density at radius 3 is 2.40 bits per heavy atom. The Morgan fingerprint density at radius 2 is 1.90 bits per heavy atom. The van der Waals surface area contributed by atoms with E-state index >= 15 is 0 Å². The Labute approximate surface area is 114 Å². The van der Waals surface area contributed by atoms with Gasteiger partial charge in [-0.15, -0.1) is 0 Å². The lowest BCUT2D eigenvalue weighted by atomic mass is 10.00. The minimum Gasteiger partial charge on any atom is -0.478 e. The molecule has 1 atom stereocenters. The maximum Gasteiger partial charge on any atom is 0.430 e. The topological polar surface area (TPSA) is 46.5 Å². The zero-order chi connectivity index (χ0) is 15.5. The van der Waals surface area contributed by atoms with Crippen molar-refractivity contribution in [3.63, 3.8) is 0 Å². The summed E-state index contributed by atoms with van der Waals surface area (Å²) in [6.07, 6.45) is -6.18. The molecule has 0 spiro atoms. The van der Waals surface area contributed by atoms with Crippen LogP contribution in [0.3, 0.4) is 0 Å². The molecular weight excluding hydrogens is 273 g/mol. The minimum atomic E-state index is -4.76. The van der Waals surface area contributed by atoms with Gasteiger partial charge in [-0.25, -0.2) is 4.79 Å². The molecule has 1 aliphatic heterocycles. The maximum atomic E-state index is 12.7. The van der Waals surface area contributed by atoms with Gasteiger partial charge in [-0.3, -0.25) is 0 Å². The van der Waals surface area contributed by atoms with Crippen LogP contribution < -0.4 is 4.74 Å². The fourth-order valence-electron chi connectivity index (χ4n) is 1.74. The van der Waals surface area contributed by atoms with E-state index in [1.54, 1.807) is 19.1 Å². The standard InChI is InChI=1S/C12H9F3O3.C2H6/c1-6-2-3-9-7(4-6)5-8(11(16)17)10(18-9)12(13,14)15;1-2/h2-5,10H,1H3,(H,16,17);1-2H3. The molecule has 0 fully saturated rings. The van der Waals surface area contributed by atoms with Crippen molar-refractivity contribution in [2.24, 2.45) is 0 Å². The highest BCUT2D eigenvalue weighted by atomic mass is 19.4. The molecule has 20 heavy (non-hydrogen) atoms. The van der Waals surface area contributed by atoms with E-state index in [0.29, 0.717) is 5.56 Å². The molecule has 0 aromatic heterocycles. The molecule has 3 nitrogen and oxygen atoms in total. The summed E-state index contributed by atoms with van der Waals surface area (Å²) in [6.45, 7) is 5.75. The van der Waals surface area contributed by atoms with Crippen LogP contribution in [0.5, 0.6) is 5.75 Å². The Morgan fingerprint density at radius 1 is 1.30 bits per heavy atom.